The highest BCUT2D eigenvalue weighted by molar-refractivity contribution is 5.94. The fraction of sp³-hybridized carbons (Fsp3) is 0.550. The first-order valence-electron chi connectivity index (χ1n) is 9.48. The monoisotopic (exact) mass is 372 g/mol. The maximum absolute atomic E-state index is 12.4. The molecule has 0 radical (unpaired) electrons. The van der Waals surface area contributed by atoms with Crippen molar-refractivity contribution in [3.63, 3.8) is 0 Å². The summed E-state index contributed by atoms with van der Waals surface area (Å²) in [6.07, 6.45) is 1.67. The SMILES string of the molecule is CC(C)(C)c1noc(CCCC(=O)Nc2ccccc2N2CCOCC2)n1. The van der Waals surface area contributed by atoms with E-state index in [2.05, 4.69) is 20.4 Å². The number of nitrogens with one attached hydrogen (secondary N) is 1. The Labute approximate surface area is 160 Å². The number of morpholine rings is 1. The summed E-state index contributed by atoms with van der Waals surface area (Å²) in [6, 6.07) is 7.90. The van der Waals surface area contributed by atoms with E-state index in [0.29, 0.717) is 44.2 Å². The fourth-order valence-corrected chi connectivity index (χ4v) is 2.93. The highest BCUT2D eigenvalue weighted by atomic mass is 16.5. The van der Waals surface area contributed by atoms with E-state index >= 15 is 0 Å². The number of hydrogen-bond acceptors (Lipinski definition) is 6. The van der Waals surface area contributed by atoms with E-state index in [1.165, 1.54) is 0 Å². The number of aryl methyl sites for hydroxylation is 1. The average molecular weight is 372 g/mol. The molecule has 1 fully saturated rings. The van der Waals surface area contributed by atoms with Crippen LogP contribution in [-0.4, -0.2) is 42.4 Å². The molecule has 1 amide bonds. The second kappa shape index (κ2) is 8.52. The van der Waals surface area contributed by atoms with Gasteiger partial charge in [-0.15, -0.1) is 0 Å². The highest BCUT2D eigenvalue weighted by Crippen LogP contribution is 2.26. The van der Waals surface area contributed by atoms with Crippen LogP contribution in [0.4, 0.5) is 11.4 Å². The zero-order valence-electron chi connectivity index (χ0n) is 16.3. The molecule has 0 unspecified atom stereocenters. The Morgan fingerprint density at radius 1 is 1.22 bits per heavy atom. The quantitative estimate of drug-likeness (QED) is 0.839. The molecule has 1 aliphatic rings. The third-order valence-corrected chi connectivity index (χ3v) is 4.46. The lowest BCUT2D eigenvalue weighted by Crippen LogP contribution is -2.36. The Hall–Kier alpha value is -2.41. The van der Waals surface area contributed by atoms with Crippen LogP contribution in [-0.2, 0) is 21.4 Å². The van der Waals surface area contributed by atoms with Crippen molar-refractivity contribution in [3.05, 3.63) is 36.0 Å². The van der Waals surface area contributed by atoms with Crippen LogP contribution in [0.3, 0.4) is 0 Å². The molecular weight excluding hydrogens is 344 g/mol. The van der Waals surface area contributed by atoms with Crippen LogP contribution in [0.1, 0.15) is 45.3 Å². The molecule has 1 aliphatic heterocycles. The lowest BCUT2D eigenvalue weighted by Gasteiger charge is -2.30. The highest BCUT2D eigenvalue weighted by Gasteiger charge is 2.21. The molecule has 7 nitrogen and oxygen atoms in total. The van der Waals surface area contributed by atoms with Crippen molar-refractivity contribution in [2.24, 2.45) is 0 Å². The first-order valence-corrected chi connectivity index (χ1v) is 9.48. The van der Waals surface area contributed by atoms with Crippen molar-refractivity contribution in [2.75, 3.05) is 36.5 Å². The van der Waals surface area contributed by atoms with Gasteiger partial charge in [0.1, 0.15) is 0 Å². The summed E-state index contributed by atoms with van der Waals surface area (Å²) in [6.45, 7) is 9.22. The molecule has 0 bridgehead atoms. The van der Waals surface area contributed by atoms with Crippen LogP contribution in [0.15, 0.2) is 28.8 Å². The predicted octanol–water partition coefficient (Wildman–Crippen LogP) is 3.17. The van der Waals surface area contributed by atoms with Gasteiger partial charge in [0, 0.05) is 31.3 Å². The van der Waals surface area contributed by atoms with Crippen LogP contribution >= 0.6 is 0 Å². The maximum atomic E-state index is 12.4. The number of hydrogen-bond donors (Lipinski definition) is 1. The number of ether oxygens (including phenoxy) is 1. The summed E-state index contributed by atoms with van der Waals surface area (Å²) in [5, 5.41) is 7.05. The second-order valence-corrected chi connectivity index (χ2v) is 7.78. The summed E-state index contributed by atoms with van der Waals surface area (Å²) in [4.78, 5) is 19.0. The Kier molecular flexibility index (Phi) is 6.11. The van der Waals surface area contributed by atoms with E-state index in [-0.39, 0.29) is 11.3 Å². The summed E-state index contributed by atoms with van der Waals surface area (Å²) in [5.74, 6) is 1.27. The molecule has 0 saturated carbocycles. The van der Waals surface area contributed by atoms with Gasteiger partial charge in [0.2, 0.25) is 11.8 Å². The third-order valence-electron chi connectivity index (χ3n) is 4.46. The molecule has 1 aromatic heterocycles. The summed E-state index contributed by atoms with van der Waals surface area (Å²) in [5.41, 5.74) is 1.75. The van der Waals surface area contributed by atoms with Gasteiger partial charge in [0.05, 0.1) is 24.6 Å². The Morgan fingerprint density at radius 2 is 1.96 bits per heavy atom. The van der Waals surface area contributed by atoms with Crippen molar-refractivity contribution in [1.29, 1.82) is 0 Å². The normalized spacial score (nSPS) is 15.0. The first-order chi connectivity index (χ1) is 12.9. The maximum Gasteiger partial charge on any atom is 0.226 e. The minimum absolute atomic E-state index is 0.00808. The Balaban J connectivity index is 1.52. The molecule has 3 rings (SSSR count). The summed E-state index contributed by atoms with van der Waals surface area (Å²) >= 11 is 0. The average Bonchev–Trinajstić information content (AvgIpc) is 3.12. The summed E-state index contributed by atoms with van der Waals surface area (Å²) < 4.78 is 10.7. The lowest BCUT2D eigenvalue weighted by atomic mass is 9.96. The molecule has 1 aromatic carbocycles. The van der Waals surface area contributed by atoms with Gasteiger partial charge in [-0.2, -0.15) is 4.98 Å². The van der Waals surface area contributed by atoms with Crippen LogP contribution in [0.5, 0.6) is 0 Å². The molecule has 27 heavy (non-hydrogen) atoms. The Morgan fingerprint density at radius 3 is 2.67 bits per heavy atom. The van der Waals surface area contributed by atoms with Crippen LogP contribution in [0, 0.1) is 0 Å². The molecule has 146 valence electrons. The summed E-state index contributed by atoms with van der Waals surface area (Å²) in [7, 11) is 0. The van der Waals surface area contributed by atoms with E-state index in [9.17, 15) is 4.79 Å². The van der Waals surface area contributed by atoms with Gasteiger partial charge in [-0.05, 0) is 18.6 Å². The number of aromatic nitrogens is 2. The molecule has 1 N–H and O–H groups in total. The first kappa shape index (κ1) is 19.4. The number of amides is 1. The zero-order valence-corrected chi connectivity index (χ0v) is 16.3. The molecule has 0 spiro atoms. The van der Waals surface area contributed by atoms with E-state index in [1.807, 2.05) is 45.0 Å². The van der Waals surface area contributed by atoms with E-state index in [0.717, 1.165) is 24.5 Å². The number of benzene rings is 1. The minimum atomic E-state index is -0.137. The van der Waals surface area contributed by atoms with E-state index in [1.54, 1.807) is 0 Å². The van der Waals surface area contributed by atoms with Gasteiger partial charge in [-0.1, -0.05) is 38.1 Å². The molecule has 1 saturated heterocycles. The molecule has 0 aliphatic carbocycles. The van der Waals surface area contributed by atoms with Crippen molar-refractivity contribution >= 4 is 17.3 Å². The molecular formula is C20H28N4O3. The predicted molar refractivity (Wildman–Crippen MR) is 104 cm³/mol. The number of carbonyl (C=O) groups excluding carboxylic acids is 1. The van der Waals surface area contributed by atoms with Gasteiger partial charge in [0.15, 0.2) is 5.82 Å². The van der Waals surface area contributed by atoms with E-state index in [4.69, 9.17) is 9.26 Å². The van der Waals surface area contributed by atoms with Crippen molar-refractivity contribution in [1.82, 2.24) is 10.1 Å². The van der Waals surface area contributed by atoms with Crippen molar-refractivity contribution in [3.8, 4) is 0 Å². The van der Waals surface area contributed by atoms with Gasteiger partial charge >= 0.3 is 0 Å². The second-order valence-electron chi connectivity index (χ2n) is 7.78. The number of nitrogens with zero attached hydrogens (tertiary/aromatic N) is 3. The van der Waals surface area contributed by atoms with Gasteiger partial charge < -0.3 is 19.5 Å². The van der Waals surface area contributed by atoms with Gasteiger partial charge in [-0.25, -0.2) is 0 Å². The van der Waals surface area contributed by atoms with Gasteiger partial charge in [0.25, 0.3) is 0 Å². The molecule has 7 heteroatoms. The lowest BCUT2D eigenvalue weighted by molar-refractivity contribution is -0.116. The number of carbonyl (C=O) groups is 1. The number of rotatable bonds is 6. The molecule has 2 aromatic rings. The zero-order chi connectivity index (χ0) is 19.3. The topological polar surface area (TPSA) is 80.5 Å². The molecule has 0 atom stereocenters. The van der Waals surface area contributed by atoms with Crippen LogP contribution in [0.25, 0.3) is 0 Å². The number of para-hydroxylation sites is 2. The molecule has 2 heterocycles. The standard InChI is InChI=1S/C20H28N4O3/c1-20(2,3)19-22-18(27-23-19)10-6-9-17(25)21-15-7-4-5-8-16(15)24-11-13-26-14-12-24/h4-5,7-8H,6,9-14H2,1-3H3,(H,21,25). The van der Waals surface area contributed by atoms with Crippen LogP contribution in [0.2, 0.25) is 0 Å². The smallest absolute Gasteiger partial charge is 0.226 e. The van der Waals surface area contributed by atoms with Gasteiger partial charge in [-0.3, -0.25) is 4.79 Å². The third kappa shape index (κ3) is 5.29. The van der Waals surface area contributed by atoms with Crippen molar-refractivity contribution in [2.45, 2.75) is 45.4 Å². The van der Waals surface area contributed by atoms with Crippen LogP contribution < -0.4 is 10.2 Å². The van der Waals surface area contributed by atoms with Crippen molar-refractivity contribution < 1.29 is 14.1 Å². The fourth-order valence-electron chi connectivity index (χ4n) is 2.93. The van der Waals surface area contributed by atoms with E-state index < -0.39 is 0 Å². The minimum Gasteiger partial charge on any atom is -0.378 e. The Bertz CT molecular complexity index is 761. The largest absolute Gasteiger partial charge is 0.378 e. The number of anilines is 2.